The first-order valence-electron chi connectivity index (χ1n) is 7.71. The molecule has 0 saturated heterocycles. The van der Waals surface area contributed by atoms with E-state index in [9.17, 15) is 27.9 Å². The van der Waals surface area contributed by atoms with Crippen LogP contribution in [0.5, 0.6) is 0 Å². The summed E-state index contributed by atoms with van der Waals surface area (Å²) in [4.78, 5) is 24.2. The molecule has 0 spiro atoms. The summed E-state index contributed by atoms with van der Waals surface area (Å²) in [5.74, 6) is -1.67. The molecule has 0 bridgehead atoms. The van der Waals surface area contributed by atoms with Crippen molar-refractivity contribution in [2.75, 3.05) is 19.9 Å². The van der Waals surface area contributed by atoms with E-state index in [-0.39, 0.29) is 34.1 Å². The highest BCUT2D eigenvalue weighted by Gasteiger charge is 2.45. The van der Waals surface area contributed by atoms with Crippen LogP contribution in [0.3, 0.4) is 0 Å². The first kappa shape index (κ1) is 19.0. The zero-order valence-corrected chi connectivity index (χ0v) is 14.5. The second-order valence-electron chi connectivity index (χ2n) is 6.21. The number of carbonyl (C=O) groups is 2. The number of primary amides is 1. The standard InChI is InChI=1S/C16H14ClF3N4O3/c17-9-3-8(1-2-10(9)20)13-12(14(21)25)11-4-23(15(26)27)7-16(5-18,6-19)24(11)22-13/h1-3H,4-7H2,(H2,21,25)(H,26,27). The van der Waals surface area contributed by atoms with Crippen LogP contribution in [0, 0.1) is 5.82 Å². The normalized spacial score (nSPS) is 15.5. The van der Waals surface area contributed by atoms with Gasteiger partial charge < -0.3 is 10.8 Å². The molecule has 2 amide bonds. The van der Waals surface area contributed by atoms with Crippen molar-refractivity contribution in [1.82, 2.24) is 14.7 Å². The van der Waals surface area contributed by atoms with E-state index in [0.29, 0.717) is 0 Å². The summed E-state index contributed by atoms with van der Waals surface area (Å²) in [5.41, 5.74) is 3.40. The van der Waals surface area contributed by atoms with E-state index >= 15 is 0 Å². The SMILES string of the molecule is NC(=O)c1c(-c2ccc(F)c(Cl)c2)nn2c1CN(C(=O)O)CC2(CF)CF. The van der Waals surface area contributed by atoms with Crippen molar-refractivity contribution in [1.29, 1.82) is 0 Å². The third kappa shape index (κ3) is 2.99. The number of halogens is 4. The first-order valence-corrected chi connectivity index (χ1v) is 8.09. The van der Waals surface area contributed by atoms with Crippen molar-refractivity contribution < 1.29 is 27.9 Å². The van der Waals surface area contributed by atoms with Crippen molar-refractivity contribution in [3.8, 4) is 11.3 Å². The number of hydrogen-bond acceptors (Lipinski definition) is 3. The van der Waals surface area contributed by atoms with Crippen LogP contribution in [0.15, 0.2) is 18.2 Å². The molecule has 0 unspecified atom stereocenters. The van der Waals surface area contributed by atoms with E-state index in [2.05, 4.69) is 5.10 Å². The number of amides is 2. The zero-order chi connectivity index (χ0) is 19.9. The molecule has 11 heteroatoms. The minimum atomic E-state index is -1.93. The average Bonchev–Trinajstić information content (AvgIpc) is 3.03. The number of aromatic nitrogens is 2. The van der Waals surface area contributed by atoms with Gasteiger partial charge in [0.15, 0.2) is 0 Å². The summed E-state index contributed by atoms with van der Waals surface area (Å²) >= 11 is 5.77. The summed E-state index contributed by atoms with van der Waals surface area (Å²) in [6.07, 6.45) is -1.41. The number of carbonyl (C=O) groups excluding carboxylic acids is 1. The molecule has 1 aromatic heterocycles. The molecule has 144 valence electrons. The van der Waals surface area contributed by atoms with E-state index in [1.165, 1.54) is 12.1 Å². The number of rotatable bonds is 4. The number of hydrogen-bond donors (Lipinski definition) is 2. The maximum absolute atomic E-state index is 13.8. The Labute approximate surface area is 156 Å². The van der Waals surface area contributed by atoms with Crippen LogP contribution in [0.2, 0.25) is 5.02 Å². The summed E-state index contributed by atoms with van der Waals surface area (Å²) in [6.45, 7) is -3.35. The highest BCUT2D eigenvalue weighted by Crippen LogP contribution is 2.36. The molecule has 0 fully saturated rings. The van der Waals surface area contributed by atoms with Crippen LogP contribution in [0.25, 0.3) is 11.3 Å². The summed E-state index contributed by atoms with van der Waals surface area (Å²) < 4.78 is 42.0. The molecule has 1 aliphatic rings. The molecule has 0 aliphatic carbocycles. The number of benzene rings is 1. The van der Waals surface area contributed by atoms with Gasteiger partial charge in [-0.1, -0.05) is 11.6 Å². The van der Waals surface area contributed by atoms with Gasteiger partial charge in [-0.15, -0.1) is 0 Å². The van der Waals surface area contributed by atoms with E-state index < -0.39 is 43.3 Å². The molecule has 2 heterocycles. The fraction of sp³-hybridized carbons (Fsp3) is 0.312. The van der Waals surface area contributed by atoms with Gasteiger partial charge in [0.25, 0.3) is 5.91 Å². The summed E-state index contributed by atoms with van der Waals surface area (Å²) in [6, 6.07) is 3.52. The van der Waals surface area contributed by atoms with Gasteiger partial charge in [0.2, 0.25) is 0 Å². The van der Waals surface area contributed by atoms with E-state index in [1.807, 2.05) is 0 Å². The van der Waals surface area contributed by atoms with Gasteiger partial charge in [-0.25, -0.2) is 18.0 Å². The monoisotopic (exact) mass is 402 g/mol. The molecule has 1 aromatic carbocycles. The quantitative estimate of drug-likeness (QED) is 0.820. The molecular formula is C16H14ClF3N4O3. The van der Waals surface area contributed by atoms with Gasteiger partial charge >= 0.3 is 6.09 Å². The summed E-state index contributed by atoms with van der Waals surface area (Å²) in [5, 5.41) is 13.2. The maximum Gasteiger partial charge on any atom is 0.407 e. The predicted octanol–water partition coefficient (Wildman–Crippen LogP) is 2.57. The molecule has 7 nitrogen and oxygen atoms in total. The van der Waals surface area contributed by atoms with Crippen molar-refractivity contribution in [2.45, 2.75) is 12.1 Å². The highest BCUT2D eigenvalue weighted by atomic mass is 35.5. The number of nitrogens with zero attached hydrogens (tertiary/aromatic N) is 3. The smallest absolute Gasteiger partial charge is 0.407 e. The fourth-order valence-electron chi connectivity index (χ4n) is 3.12. The van der Waals surface area contributed by atoms with Crippen molar-refractivity contribution >= 4 is 23.6 Å². The predicted molar refractivity (Wildman–Crippen MR) is 89.5 cm³/mol. The Kier molecular flexibility index (Phi) is 4.77. The lowest BCUT2D eigenvalue weighted by Crippen LogP contribution is -2.55. The Morgan fingerprint density at radius 3 is 2.52 bits per heavy atom. The van der Waals surface area contributed by atoms with Crippen LogP contribution >= 0.6 is 11.6 Å². The van der Waals surface area contributed by atoms with Crippen LogP contribution in [0.4, 0.5) is 18.0 Å². The highest BCUT2D eigenvalue weighted by molar-refractivity contribution is 6.31. The van der Waals surface area contributed by atoms with Gasteiger partial charge in [0.05, 0.1) is 29.4 Å². The lowest BCUT2D eigenvalue weighted by Gasteiger charge is -2.39. The van der Waals surface area contributed by atoms with Crippen molar-refractivity contribution in [3.63, 3.8) is 0 Å². The third-order valence-electron chi connectivity index (χ3n) is 4.46. The van der Waals surface area contributed by atoms with Gasteiger partial charge in [0, 0.05) is 5.56 Å². The Balaban J connectivity index is 2.29. The van der Waals surface area contributed by atoms with Crippen LogP contribution < -0.4 is 5.73 Å². The summed E-state index contributed by atoms with van der Waals surface area (Å²) in [7, 11) is 0. The molecule has 1 aliphatic heterocycles. The zero-order valence-electron chi connectivity index (χ0n) is 13.8. The van der Waals surface area contributed by atoms with Gasteiger partial charge in [-0.05, 0) is 18.2 Å². The molecule has 2 aromatic rings. The molecule has 0 atom stereocenters. The average molecular weight is 403 g/mol. The van der Waals surface area contributed by atoms with Crippen LogP contribution in [0.1, 0.15) is 16.1 Å². The second-order valence-corrected chi connectivity index (χ2v) is 6.61. The number of nitrogens with two attached hydrogens (primary N) is 1. The second kappa shape index (κ2) is 6.76. The van der Waals surface area contributed by atoms with Crippen molar-refractivity contribution in [2.24, 2.45) is 5.73 Å². The Bertz CT molecular complexity index is 930. The molecule has 0 radical (unpaired) electrons. The lowest BCUT2D eigenvalue weighted by molar-refractivity contribution is 0.0480. The van der Waals surface area contributed by atoms with Crippen LogP contribution in [-0.4, -0.2) is 51.7 Å². The van der Waals surface area contributed by atoms with E-state index in [1.54, 1.807) is 0 Å². The molecule has 27 heavy (non-hydrogen) atoms. The number of carboxylic acid groups (broad SMARTS) is 1. The van der Waals surface area contributed by atoms with Crippen LogP contribution in [-0.2, 0) is 12.1 Å². The first-order chi connectivity index (χ1) is 12.7. The Hall–Kier alpha value is -2.75. The fourth-order valence-corrected chi connectivity index (χ4v) is 3.30. The van der Waals surface area contributed by atoms with E-state index in [0.717, 1.165) is 15.6 Å². The van der Waals surface area contributed by atoms with E-state index in [4.69, 9.17) is 17.3 Å². The number of fused-ring (bicyclic) bond motifs is 1. The van der Waals surface area contributed by atoms with Gasteiger partial charge in [0.1, 0.15) is 30.4 Å². The molecule has 3 N–H and O–H groups in total. The Morgan fingerprint density at radius 2 is 2.00 bits per heavy atom. The molecule has 3 rings (SSSR count). The lowest BCUT2D eigenvalue weighted by atomic mass is 9.97. The van der Waals surface area contributed by atoms with Gasteiger partial charge in [-0.3, -0.25) is 14.4 Å². The number of alkyl halides is 2. The largest absolute Gasteiger partial charge is 0.465 e. The maximum atomic E-state index is 13.8. The molecule has 0 saturated carbocycles. The van der Waals surface area contributed by atoms with Gasteiger partial charge in [-0.2, -0.15) is 5.10 Å². The minimum Gasteiger partial charge on any atom is -0.465 e. The molecular weight excluding hydrogens is 389 g/mol. The topological polar surface area (TPSA) is 101 Å². The Morgan fingerprint density at radius 1 is 1.33 bits per heavy atom. The van der Waals surface area contributed by atoms with Crippen molar-refractivity contribution in [3.05, 3.63) is 40.3 Å². The minimum absolute atomic E-state index is 0.0399. The third-order valence-corrected chi connectivity index (χ3v) is 4.75.